The maximum Gasteiger partial charge on any atom is 0.319 e. The first-order valence-electron chi connectivity index (χ1n) is 9.43. The van der Waals surface area contributed by atoms with Crippen molar-refractivity contribution >= 4 is 11.7 Å². The molecule has 2 amide bonds. The van der Waals surface area contributed by atoms with Crippen LogP contribution in [0.3, 0.4) is 0 Å². The molecule has 8 nitrogen and oxygen atoms in total. The molecule has 1 aliphatic rings. The summed E-state index contributed by atoms with van der Waals surface area (Å²) in [6.07, 6.45) is 4.77. The second-order valence-corrected chi connectivity index (χ2v) is 6.41. The number of ether oxygens (including phenoxy) is 2. The van der Waals surface area contributed by atoms with Gasteiger partial charge in [0.2, 0.25) is 5.89 Å². The van der Waals surface area contributed by atoms with Crippen LogP contribution in [0.2, 0.25) is 0 Å². The van der Waals surface area contributed by atoms with E-state index in [9.17, 15) is 4.79 Å². The maximum absolute atomic E-state index is 11.9. The van der Waals surface area contributed by atoms with E-state index >= 15 is 0 Å². The number of hydrogen-bond donors (Lipinski definition) is 2. The van der Waals surface area contributed by atoms with Crippen molar-refractivity contribution in [2.45, 2.75) is 45.1 Å². The van der Waals surface area contributed by atoms with E-state index in [-0.39, 0.29) is 12.1 Å². The van der Waals surface area contributed by atoms with Gasteiger partial charge in [-0.15, -0.1) is 0 Å². The molecule has 0 spiro atoms. The molecule has 2 heterocycles. The quantitative estimate of drug-likeness (QED) is 0.737. The monoisotopic (exact) mass is 374 g/mol. The molecule has 1 atom stereocenters. The van der Waals surface area contributed by atoms with Crippen molar-refractivity contribution in [1.82, 2.24) is 15.5 Å². The number of hydrogen-bond acceptors (Lipinski definition) is 6. The fraction of sp³-hybridized carbons (Fsp3) is 0.526. The van der Waals surface area contributed by atoms with E-state index in [1.54, 1.807) is 0 Å². The molecule has 0 saturated carbocycles. The second-order valence-electron chi connectivity index (χ2n) is 6.41. The fourth-order valence-electron chi connectivity index (χ4n) is 2.76. The Labute approximate surface area is 158 Å². The van der Waals surface area contributed by atoms with Gasteiger partial charge in [0.1, 0.15) is 12.4 Å². The summed E-state index contributed by atoms with van der Waals surface area (Å²) < 4.78 is 16.4. The standard InChI is InChI=1S/C19H26N4O4/c1-2-18-22-17(23-27-18)10-11-20-19(24)21-14-6-8-15(9-7-14)26-13-16-5-3-4-12-25-16/h6-9,16H,2-5,10-13H2,1H3,(H2,20,21,24)/t16-/m0/s1. The number of aromatic nitrogens is 2. The predicted molar refractivity (Wildman–Crippen MR) is 99.9 cm³/mol. The molecule has 1 aromatic carbocycles. The van der Waals surface area contributed by atoms with Crippen LogP contribution >= 0.6 is 0 Å². The number of urea groups is 1. The van der Waals surface area contributed by atoms with Crippen molar-refractivity contribution in [2.24, 2.45) is 0 Å². The molecule has 1 aliphatic heterocycles. The van der Waals surface area contributed by atoms with Gasteiger partial charge in [-0.2, -0.15) is 4.98 Å². The largest absolute Gasteiger partial charge is 0.491 e. The second kappa shape index (κ2) is 9.91. The number of benzene rings is 1. The predicted octanol–water partition coefficient (Wildman–Crippen LogP) is 2.94. The van der Waals surface area contributed by atoms with Gasteiger partial charge in [0, 0.05) is 31.7 Å². The van der Waals surface area contributed by atoms with Crippen LogP contribution in [0.15, 0.2) is 28.8 Å². The molecule has 8 heteroatoms. The lowest BCUT2D eigenvalue weighted by atomic mass is 10.1. The molecule has 1 saturated heterocycles. The highest BCUT2D eigenvalue weighted by atomic mass is 16.5. The van der Waals surface area contributed by atoms with Crippen LogP contribution in [-0.4, -0.2) is 42.0 Å². The number of nitrogens with zero attached hydrogens (tertiary/aromatic N) is 2. The first-order chi connectivity index (χ1) is 13.2. The summed E-state index contributed by atoms with van der Waals surface area (Å²) >= 11 is 0. The smallest absolute Gasteiger partial charge is 0.319 e. The fourth-order valence-corrected chi connectivity index (χ4v) is 2.76. The minimum absolute atomic E-state index is 0.176. The van der Waals surface area contributed by atoms with Gasteiger partial charge < -0.3 is 24.6 Å². The summed E-state index contributed by atoms with van der Waals surface area (Å²) in [4.78, 5) is 16.1. The Balaban J connectivity index is 1.36. The summed E-state index contributed by atoms with van der Waals surface area (Å²) in [6.45, 7) is 3.75. The Kier molecular flexibility index (Phi) is 7.04. The number of nitrogens with one attached hydrogen (secondary N) is 2. The Morgan fingerprint density at radius 1 is 1.30 bits per heavy atom. The number of carbonyl (C=O) groups excluding carboxylic acids is 1. The Morgan fingerprint density at radius 3 is 2.85 bits per heavy atom. The van der Waals surface area contributed by atoms with Gasteiger partial charge >= 0.3 is 6.03 Å². The van der Waals surface area contributed by atoms with Crippen molar-refractivity contribution < 1.29 is 18.8 Å². The van der Waals surface area contributed by atoms with Crippen molar-refractivity contribution in [3.8, 4) is 5.75 Å². The first kappa shape index (κ1) is 19.2. The third-order valence-corrected chi connectivity index (χ3v) is 4.27. The number of aryl methyl sites for hydroxylation is 1. The molecule has 3 rings (SSSR count). The third-order valence-electron chi connectivity index (χ3n) is 4.27. The van der Waals surface area contributed by atoms with Crippen molar-refractivity contribution in [3.63, 3.8) is 0 Å². The van der Waals surface area contributed by atoms with E-state index in [0.29, 0.717) is 43.4 Å². The molecular formula is C19H26N4O4. The maximum atomic E-state index is 11.9. The third kappa shape index (κ3) is 6.25. The van der Waals surface area contributed by atoms with E-state index in [4.69, 9.17) is 14.0 Å². The van der Waals surface area contributed by atoms with Crippen LogP contribution in [0, 0.1) is 0 Å². The Bertz CT molecular complexity index is 711. The lowest BCUT2D eigenvalue weighted by Gasteiger charge is -2.22. The van der Waals surface area contributed by atoms with Crippen molar-refractivity contribution in [2.75, 3.05) is 25.1 Å². The average Bonchev–Trinajstić information content (AvgIpc) is 3.16. The number of anilines is 1. The molecule has 0 aliphatic carbocycles. The van der Waals surface area contributed by atoms with Crippen LogP contribution < -0.4 is 15.4 Å². The molecule has 0 radical (unpaired) electrons. The van der Waals surface area contributed by atoms with Gasteiger partial charge in [-0.1, -0.05) is 12.1 Å². The summed E-state index contributed by atoms with van der Waals surface area (Å²) in [6, 6.07) is 7.01. The molecule has 1 fully saturated rings. The van der Waals surface area contributed by atoms with Gasteiger partial charge in [0.25, 0.3) is 0 Å². The zero-order valence-electron chi connectivity index (χ0n) is 15.6. The SMILES string of the molecule is CCc1nc(CCNC(=O)Nc2ccc(OC[C@@H]3CCCCO3)cc2)no1. The lowest BCUT2D eigenvalue weighted by molar-refractivity contribution is -0.0110. The van der Waals surface area contributed by atoms with E-state index in [1.165, 1.54) is 6.42 Å². The molecule has 27 heavy (non-hydrogen) atoms. The minimum Gasteiger partial charge on any atom is -0.491 e. The topological polar surface area (TPSA) is 98.5 Å². The zero-order valence-corrected chi connectivity index (χ0v) is 15.6. The highest BCUT2D eigenvalue weighted by Gasteiger charge is 2.14. The summed E-state index contributed by atoms with van der Waals surface area (Å²) in [7, 11) is 0. The van der Waals surface area contributed by atoms with Gasteiger partial charge in [-0.05, 0) is 43.5 Å². The number of rotatable bonds is 8. The highest BCUT2D eigenvalue weighted by Crippen LogP contribution is 2.18. The minimum atomic E-state index is -0.279. The highest BCUT2D eigenvalue weighted by molar-refractivity contribution is 5.89. The van der Waals surface area contributed by atoms with E-state index in [0.717, 1.165) is 25.2 Å². The van der Waals surface area contributed by atoms with Crippen LogP contribution in [0.25, 0.3) is 0 Å². The number of amides is 2. The Morgan fingerprint density at radius 2 is 2.15 bits per heavy atom. The zero-order chi connectivity index (χ0) is 18.9. The van der Waals surface area contributed by atoms with Gasteiger partial charge in [-0.25, -0.2) is 4.79 Å². The summed E-state index contributed by atoms with van der Waals surface area (Å²) in [5.74, 6) is 1.96. The summed E-state index contributed by atoms with van der Waals surface area (Å²) in [5.41, 5.74) is 0.696. The van der Waals surface area contributed by atoms with Crippen molar-refractivity contribution in [3.05, 3.63) is 36.0 Å². The molecular weight excluding hydrogens is 348 g/mol. The van der Waals surface area contributed by atoms with Gasteiger partial charge in [-0.3, -0.25) is 0 Å². The first-order valence-corrected chi connectivity index (χ1v) is 9.43. The van der Waals surface area contributed by atoms with Crippen LogP contribution in [0.1, 0.15) is 37.9 Å². The summed E-state index contributed by atoms with van der Waals surface area (Å²) in [5, 5.41) is 9.40. The number of carbonyl (C=O) groups is 1. The molecule has 2 aromatic rings. The normalized spacial score (nSPS) is 16.7. The lowest BCUT2D eigenvalue weighted by Crippen LogP contribution is -2.30. The van der Waals surface area contributed by atoms with Crippen molar-refractivity contribution in [1.29, 1.82) is 0 Å². The van der Waals surface area contributed by atoms with E-state index < -0.39 is 0 Å². The van der Waals surface area contributed by atoms with Gasteiger partial charge in [0.05, 0.1) is 6.10 Å². The Hall–Kier alpha value is -2.61. The molecule has 0 bridgehead atoms. The average molecular weight is 374 g/mol. The molecule has 0 unspecified atom stereocenters. The van der Waals surface area contributed by atoms with Crippen LogP contribution in [0.4, 0.5) is 10.5 Å². The van der Waals surface area contributed by atoms with Gasteiger partial charge in [0.15, 0.2) is 5.82 Å². The molecule has 2 N–H and O–H groups in total. The van der Waals surface area contributed by atoms with E-state index in [1.807, 2.05) is 31.2 Å². The van der Waals surface area contributed by atoms with Crippen LogP contribution in [-0.2, 0) is 17.6 Å². The molecule has 1 aromatic heterocycles. The molecule has 146 valence electrons. The van der Waals surface area contributed by atoms with E-state index in [2.05, 4.69) is 20.8 Å². The van der Waals surface area contributed by atoms with Crippen LogP contribution in [0.5, 0.6) is 5.75 Å².